The van der Waals surface area contributed by atoms with E-state index in [-0.39, 0.29) is 68.9 Å². The lowest BCUT2D eigenvalue weighted by Crippen LogP contribution is -2.48. The van der Waals surface area contributed by atoms with E-state index < -0.39 is 47.2 Å². The van der Waals surface area contributed by atoms with Crippen LogP contribution in [0.1, 0.15) is 48.5 Å². The third-order valence-corrected chi connectivity index (χ3v) is 8.90. The number of hydrogen-bond donors (Lipinski definition) is 2. The Hall–Kier alpha value is -4.33. The molecule has 0 bridgehead atoms. The molecule has 1 unspecified atom stereocenters. The van der Waals surface area contributed by atoms with Gasteiger partial charge in [0.1, 0.15) is 29.9 Å². The lowest BCUT2D eigenvalue weighted by molar-refractivity contribution is -0.132. The molecule has 0 radical (unpaired) electrons. The van der Waals surface area contributed by atoms with Crippen LogP contribution in [0.4, 0.5) is 26.7 Å². The number of nitrogens with one attached hydrogen (secondary N) is 2. The Kier molecular flexibility index (Phi) is 7.88. The molecule has 4 amide bonds. The van der Waals surface area contributed by atoms with E-state index in [4.69, 9.17) is 0 Å². The number of aromatic nitrogens is 2. The number of likely N-dealkylation sites (N-methyl/N-ethyl adjacent to an activating group) is 1. The number of carbonyl (C=O) groups excluding carboxylic acids is 3. The van der Waals surface area contributed by atoms with Gasteiger partial charge in [-0.1, -0.05) is 12.1 Å². The number of hydrogen-bond acceptors (Lipinski definition) is 5. The van der Waals surface area contributed by atoms with Crippen molar-refractivity contribution in [3.63, 3.8) is 0 Å². The van der Waals surface area contributed by atoms with Crippen LogP contribution < -0.4 is 10.6 Å². The Bertz CT molecular complexity index is 1640. The van der Waals surface area contributed by atoms with Crippen molar-refractivity contribution in [2.45, 2.75) is 62.4 Å². The number of amides is 4. The number of alkyl halides is 3. The molecular weight excluding hydrogens is 599 g/mol. The van der Waals surface area contributed by atoms with Crippen molar-refractivity contribution in [3.8, 4) is 11.1 Å². The standard InChI is InChI=1S/C31H31F5N6O3/c1-37-27(43)17-41-16-20(14-38-41)19-4-5-24-23(11-19)25(34)13-30(24)28(44)42(29(45)39-30)8-7-40(26-3-2-6-31(26,35)36)15-18-9-21(32)12-22(33)10-18/h4-5,9-12,14,16,25-26H,2-3,6-8,13,15,17H2,1H3,(H,37,43)(H,39,45)/t25-,26?,30+/m1/s1. The Morgan fingerprint density at radius 1 is 1.13 bits per heavy atom. The van der Waals surface area contributed by atoms with Gasteiger partial charge in [-0.25, -0.2) is 26.7 Å². The van der Waals surface area contributed by atoms with Gasteiger partial charge in [-0.05, 0) is 53.3 Å². The van der Waals surface area contributed by atoms with Crippen molar-refractivity contribution in [2.24, 2.45) is 0 Å². The van der Waals surface area contributed by atoms with Crippen molar-refractivity contribution in [3.05, 3.63) is 77.1 Å². The maximum absolute atomic E-state index is 15.5. The fraction of sp³-hybridized carbons (Fsp3) is 0.419. The van der Waals surface area contributed by atoms with Crippen LogP contribution >= 0.6 is 0 Å². The number of imide groups is 1. The van der Waals surface area contributed by atoms with Crippen LogP contribution in [0.2, 0.25) is 0 Å². The van der Waals surface area contributed by atoms with E-state index in [1.807, 2.05) is 0 Å². The van der Waals surface area contributed by atoms with Crippen LogP contribution in [-0.4, -0.2) is 69.5 Å². The fourth-order valence-corrected chi connectivity index (χ4v) is 6.72. The maximum Gasteiger partial charge on any atom is 0.325 e. The highest BCUT2D eigenvalue weighted by Crippen LogP contribution is 2.49. The first-order valence-electron chi connectivity index (χ1n) is 14.6. The number of fused-ring (bicyclic) bond motifs is 2. The molecule has 1 saturated carbocycles. The minimum absolute atomic E-state index is 0.00158. The SMILES string of the molecule is CNC(=O)Cn1cc(-c2ccc3c(c2)[C@H](F)C[C@]32NC(=O)N(CCN(Cc3cc(F)cc(F)c3)C3CCCC3(F)F)C2=O)cn1. The molecule has 1 saturated heterocycles. The lowest BCUT2D eigenvalue weighted by atomic mass is 9.90. The summed E-state index contributed by atoms with van der Waals surface area (Å²) in [5, 5.41) is 9.32. The van der Waals surface area contributed by atoms with Gasteiger partial charge in [0.2, 0.25) is 5.91 Å². The van der Waals surface area contributed by atoms with Gasteiger partial charge >= 0.3 is 6.03 Å². The van der Waals surface area contributed by atoms with Gasteiger partial charge in [0.05, 0.1) is 12.2 Å². The smallest absolute Gasteiger partial charge is 0.325 e. The van der Waals surface area contributed by atoms with Crippen LogP contribution in [0.5, 0.6) is 0 Å². The zero-order valence-corrected chi connectivity index (χ0v) is 24.3. The van der Waals surface area contributed by atoms with E-state index in [9.17, 15) is 31.9 Å². The van der Waals surface area contributed by atoms with E-state index >= 15 is 4.39 Å². The lowest BCUT2D eigenvalue weighted by Gasteiger charge is -2.33. The number of urea groups is 1. The quantitative estimate of drug-likeness (QED) is 0.270. The number of halogens is 5. The molecule has 2 heterocycles. The Morgan fingerprint density at radius 2 is 1.89 bits per heavy atom. The molecule has 45 heavy (non-hydrogen) atoms. The van der Waals surface area contributed by atoms with Crippen LogP contribution in [0, 0.1) is 11.6 Å². The number of carbonyl (C=O) groups is 3. The van der Waals surface area contributed by atoms with Gasteiger partial charge in [-0.3, -0.25) is 24.1 Å². The minimum Gasteiger partial charge on any atom is -0.358 e. The van der Waals surface area contributed by atoms with E-state index in [0.717, 1.165) is 17.0 Å². The molecule has 1 aliphatic heterocycles. The van der Waals surface area contributed by atoms with Crippen LogP contribution in [-0.2, 0) is 28.2 Å². The summed E-state index contributed by atoms with van der Waals surface area (Å²) >= 11 is 0. The van der Waals surface area contributed by atoms with Crippen molar-refractivity contribution in [1.82, 2.24) is 30.2 Å². The Morgan fingerprint density at radius 3 is 2.58 bits per heavy atom. The van der Waals surface area contributed by atoms with Crippen LogP contribution in [0.3, 0.4) is 0 Å². The molecule has 6 rings (SSSR count). The molecule has 238 valence electrons. The molecule has 1 aromatic heterocycles. The predicted octanol–water partition coefficient (Wildman–Crippen LogP) is 4.43. The molecule has 9 nitrogen and oxygen atoms in total. The molecule has 2 fully saturated rings. The average Bonchev–Trinajstić information content (AvgIpc) is 3.71. The third-order valence-electron chi connectivity index (χ3n) is 8.90. The molecule has 14 heteroatoms. The first-order chi connectivity index (χ1) is 21.4. The summed E-state index contributed by atoms with van der Waals surface area (Å²) in [6.07, 6.45) is 1.30. The Balaban J connectivity index is 1.22. The highest BCUT2D eigenvalue weighted by molar-refractivity contribution is 6.08. The summed E-state index contributed by atoms with van der Waals surface area (Å²) in [6.45, 7) is -0.687. The second kappa shape index (κ2) is 11.5. The molecular formula is C31H31F5N6O3. The van der Waals surface area contributed by atoms with E-state index in [1.54, 1.807) is 24.4 Å². The van der Waals surface area contributed by atoms with Crippen LogP contribution in [0.25, 0.3) is 11.1 Å². The summed E-state index contributed by atoms with van der Waals surface area (Å²) in [4.78, 5) is 40.9. The highest BCUT2D eigenvalue weighted by Gasteiger charge is 2.58. The van der Waals surface area contributed by atoms with E-state index in [2.05, 4.69) is 15.7 Å². The maximum atomic E-state index is 15.5. The third kappa shape index (κ3) is 5.67. The monoisotopic (exact) mass is 630 g/mol. The normalized spacial score (nSPS) is 23.7. The molecule has 2 aliphatic carbocycles. The summed E-state index contributed by atoms with van der Waals surface area (Å²) < 4.78 is 74.4. The molecule has 1 spiro atoms. The first-order valence-corrected chi connectivity index (χ1v) is 14.6. The summed E-state index contributed by atoms with van der Waals surface area (Å²) in [5.41, 5.74) is 0.229. The second-order valence-electron chi connectivity index (χ2n) is 11.8. The number of rotatable bonds is 9. The molecule has 2 N–H and O–H groups in total. The number of nitrogens with zero attached hydrogens (tertiary/aromatic N) is 4. The second-order valence-corrected chi connectivity index (χ2v) is 11.8. The highest BCUT2D eigenvalue weighted by atomic mass is 19.3. The zero-order chi connectivity index (χ0) is 32.1. The van der Waals surface area contributed by atoms with E-state index in [0.29, 0.717) is 22.8 Å². The van der Waals surface area contributed by atoms with Gasteiger partial charge in [0.15, 0.2) is 0 Å². The topological polar surface area (TPSA) is 99.6 Å². The van der Waals surface area contributed by atoms with Crippen molar-refractivity contribution < 1.29 is 36.3 Å². The zero-order valence-electron chi connectivity index (χ0n) is 24.3. The average molecular weight is 631 g/mol. The molecule has 3 aromatic rings. The van der Waals surface area contributed by atoms with Gasteiger partial charge in [-0.2, -0.15) is 5.10 Å². The first kappa shape index (κ1) is 30.7. The van der Waals surface area contributed by atoms with E-state index in [1.165, 1.54) is 22.8 Å². The number of benzene rings is 2. The van der Waals surface area contributed by atoms with Crippen molar-refractivity contribution in [1.29, 1.82) is 0 Å². The summed E-state index contributed by atoms with van der Waals surface area (Å²) in [7, 11) is 1.51. The molecule has 3 aliphatic rings. The molecule has 3 atom stereocenters. The van der Waals surface area contributed by atoms with Gasteiger partial charge in [0, 0.05) is 57.4 Å². The van der Waals surface area contributed by atoms with Crippen molar-refractivity contribution in [2.75, 3.05) is 20.1 Å². The largest absolute Gasteiger partial charge is 0.358 e. The predicted molar refractivity (Wildman–Crippen MR) is 151 cm³/mol. The van der Waals surface area contributed by atoms with Gasteiger partial charge in [0.25, 0.3) is 11.8 Å². The van der Waals surface area contributed by atoms with Gasteiger partial charge < -0.3 is 10.6 Å². The molecule has 2 aromatic carbocycles. The Labute approximate surface area is 255 Å². The van der Waals surface area contributed by atoms with Crippen LogP contribution in [0.15, 0.2) is 48.8 Å². The van der Waals surface area contributed by atoms with Crippen molar-refractivity contribution >= 4 is 17.8 Å². The minimum atomic E-state index is -3.06. The fourth-order valence-electron chi connectivity index (χ4n) is 6.72. The summed E-state index contributed by atoms with van der Waals surface area (Å²) in [6, 6.07) is 5.60. The van der Waals surface area contributed by atoms with Gasteiger partial charge in [-0.15, -0.1) is 0 Å². The summed E-state index contributed by atoms with van der Waals surface area (Å²) in [5.74, 6) is -5.70.